The predicted molar refractivity (Wildman–Crippen MR) is 98.8 cm³/mol. The van der Waals surface area contributed by atoms with Gasteiger partial charge in [0.25, 0.3) is 11.8 Å². The van der Waals surface area contributed by atoms with Crippen molar-refractivity contribution in [2.24, 2.45) is 0 Å². The van der Waals surface area contributed by atoms with Crippen LogP contribution in [0.4, 0.5) is 5.69 Å². The van der Waals surface area contributed by atoms with Crippen molar-refractivity contribution in [1.82, 2.24) is 10.3 Å². The van der Waals surface area contributed by atoms with Crippen LogP contribution in [0.15, 0.2) is 48.5 Å². The van der Waals surface area contributed by atoms with Crippen molar-refractivity contribution in [1.29, 1.82) is 0 Å². The number of hydrogen-bond acceptors (Lipinski definition) is 4. The highest BCUT2D eigenvalue weighted by molar-refractivity contribution is 6.06. The standard InChI is InChI=1S/C19H19N3O4/c1-20-18(23)11-26-15-5-3-4-13(9-15)21-19(24)17-8-12-6-7-14(25-2)10-16(12)22-17/h3-10,22H,11H2,1-2H3,(H,20,23)(H,21,24). The maximum atomic E-state index is 12.5. The first kappa shape index (κ1) is 17.3. The van der Waals surface area contributed by atoms with Crippen LogP contribution in [-0.2, 0) is 4.79 Å². The van der Waals surface area contributed by atoms with E-state index in [2.05, 4.69) is 15.6 Å². The summed E-state index contributed by atoms with van der Waals surface area (Å²) in [4.78, 5) is 26.8. The maximum absolute atomic E-state index is 12.5. The summed E-state index contributed by atoms with van der Waals surface area (Å²) in [7, 11) is 3.13. The van der Waals surface area contributed by atoms with Gasteiger partial charge < -0.3 is 25.1 Å². The number of aromatic nitrogens is 1. The third kappa shape index (κ3) is 3.94. The molecule has 3 N–H and O–H groups in total. The van der Waals surface area contributed by atoms with Crippen LogP contribution in [0.25, 0.3) is 10.9 Å². The smallest absolute Gasteiger partial charge is 0.272 e. The molecule has 0 bridgehead atoms. The summed E-state index contributed by atoms with van der Waals surface area (Å²) in [5.74, 6) is 0.705. The molecular formula is C19H19N3O4. The second-order valence-corrected chi connectivity index (χ2v) is 5.58. The maximum Gasteiger partial charge on any atom is 0.272 e. The molecule has 0 fully saturated rings. The monoisotopic (exact) mass is 353 g/mol. The SMILES string of the molecule is CNC(=O)COc1cccc(NC(=O)c2cc3ccc(OC)cc3[nH]2)c1. The van der Waals surface area contributed by atoms with Crippen LogP contribution in [0.3, 0.4) is 0 Å². The van der Waals surface area contributed by atoms with Crippen molar-refractivity contribution < 1.29 is 19.1 Å². The number of aromatic amines is 1. The number of fused-ring (bicyclic) bond motifs is 1. The highest BCUT2D eigenvalue weighted by Gasteiger charge is 2.11. The van der Waals surface area contributed by atoms with E-state index in [9.17, 15) is 9.59 Å². The fraction of sp³-hybridized carbons (Fsp3) is 0.158. The fourth-order valence-electron chi connectivity index (χ4n) is 2.44. The van der Waals surface area contributed by atoms with Crippen LogP contribution in [0.1, 0.15) is 10.5 Å². The third-order valence-electron chi connectivity index (χ3n) is 3.81. The zero-order valence-corrected chi connectivity index (χ0v) is 14.5. The molecule has 0 atom stereocenters. The number of nitrogens with one attached hydrogen (secondary N) is 3. The fourth-order valence-corrected chi connectivity index (χ4v) is 2.44. The third-order valence-corrected chi connectivity index (χ3v) is 3.81. The molecule has 1 heterocycles. The van der Waals surface area contributed by atoms with Gasteiger partial charge in [0.05, 0.1) is 7.11 Å². The Bertz CT molecular complexity index is 949. The van der Waals surface area contributed by atoms with E-state index in [4.69, 9.17) is 9.47 Å². The van der Waals surface area contributed by atoms with Crippen LogP contribution < -0.4 is 20.1 Å². The van der Waals surface area contributed by atoms with E-state index in [1.54, 1.807) is 37.4 Å². The largest absolute Gasteiger partial charge is 0.497 e. The highest BCUT2D eigenvalue weighted by Crippen LogP contribution is 2.22. The summed E-state index contributed by atoms with van der Waals surface area (Å²) < 4.78 is 10.6. The van der Waals surface area contributed by atoms with Gasteiger partial charge in [0.15, 0.2) is 6.61 Å². The van der Waals surface area contributed by atoms with Gasteiger partial charge in [-0.15, -0.1) is 0 Å². The van der Waals surface area contributed by atoms with Crippen LogP contribution >= 0.6 is 0 Å². The molecular weight excluding hydrogens is 334 g/mol. The van der Waals surface area contributed by atoms with Crippen LogP contribution in [0, 0.1) is 0 Å². The molecule has 0 radical (unpaired) electrons. The molecule has 0 spiro atoms. The van der Waals surface area contributed by atoms with Gasteiger partial charge in [-0.25, -0.2) is 0 Å². The average Bonchev–Trinajstić information content (AvgIpc) is 3.09. The Morgan fingerprint density at radius 1 is 1.08 bits per heavy atom. The van der Waals surface area contributed by atoms with Gasteiger partial charge in [0, 0.05) is 35.8 Å². The van der Waals surface area contributed by atoms with Gasteiger partial charge >= 0.3 is 0 Å². The number of ether oxygens (including phenoxy) is 2. The van der Waals surface area contributed by atoms with Crippen molar-refractivity contribution in [3.8, 4) is 11.5 Å². The first-order valence-electron chi connectivity index (χ1n) is 8.00. The molecule has 0 saturated heterocycles. The summed E-state index contributed by atoms with van der Waals surface area (Å²) in [5, 5.41) is 6.20. The number of amides is 2. The number of benzene rings is 2. The Labute approximate surface area is 150 Å². The van der Waals surface area contributed by atoms with Crippen LogP contribution in [-0.4, -0.2) is 37.6 Å². The molecule has 7 heteroatoms. The number of anilines is 1. The molecule has 0 aliphatic carbocycles. The molecule has 0 saturated carbocycles. The summed E-state index contributed by atoms with van der Waals surface area (Å²) in [6.45, 7) is -0.0856. The first-order chi connectivity index (χ1) is 12.6. The van der Waals surface area contributed by atoms with Gasteiger partial charge in [-0.2, -0.15) is 0 Å². The normalized spacial score (nSPS) is 10.4. The minimum atomic E-state index is -0.274. The number of H-pyrrole nitrogens is 1. The second-order valence-electron chi connectivity index (χ2n) is 5.58. The summed E-state index contributed by atoms with van der Waals surface area (Å²) in [5.41, 5.74) is 1.82. The average molecular weight is 353 g/mol. The predicted octanol–water partition coefficient (Wildman–Crippen LogP) is 2.55. The van der Waals surface area contributed by atoms with Crippen molar-refractivity contribution in [2.45, 2.75) is 0 Å². The second kappa shape index (κ2) is 7.60. The quantitative estimate of drug-likeness (QED) is 0.635. The summed E-state index contributed by atoms with van der Waals surface area (Å²) in [6.07, 6.45) is 0. The molecule has 2 aromatic carbocycles. The zero-order chi connectivity index (χ0) is 18.5. The molecule has 1 aromatic heterocycles. The molecule has 2 amide bonds. The van der Waals surface area contributed by atoms with E-state index in [-0.39, 0.29) is 18.4 Å². The van der Waals surface area contributed by atoms with E-state index >= 15 is 0 Å². The van der Waals surface area contributed by atoms with E-state index < -0.39 is 0 Å². The minimum Gasteiger partial charge on any atom is -0.497 e. The number of rotatable bonds is 6. The first-order valence-corrected chi connectivity index (χ1v) is 8.00. The van der Waals surface area contributed by atoms with Crippen LogP contribution in [0.2, 0.25) is 0 Å². The Balaban J connectivity index is 1.72. The molecule has 7 nitrogen and oxygen atoms in total. The van der Waals surface area contributed by atoms with Gasteiger partial charge in [0.2, 0.25) is 0 Å². The molecule has 0 aliphatic heterocycles. The number of methoxy groups -OCH3 is 1. The lowest BCUT2D eigenvalue weighted by atomic mass is 10.2. The van der Waals surface area contributed by atoms with E-state index in [0.717, 1.165) is 10.9 Å². The van der Waals surface area contributed by atoms with Crippen molar-refractivity contribution in [2.75, 3.05) is 26.1 Å². The Morgan fingerprint density at radius 3 is 2.69 bits per heavy atom. The summed E-state index contributed by atoms with van der Waals surface area (Å²) >= 11 is 0. The van der Waals surface area contributed by atoms with Gasteiger partial charge in [-0.1, -0.05) is 6.07 Å². The Kier molecular flexibility index (Phi) is 5.07. The Morgan fingerprint density at radius 2 is 1.92 bits per heavy atom. The molecule has 0 unspecified atom stereocenters. The van der Waals surface area contributed by atoms with Crippen molar-refractivity contribution >= 4 is 28.4 Å². The molecule has 134 valence electrons. The van der Waals surface area contributed by atoms with E-state index in [1.165, 1.54) is 7.05 Å². The van der Waals surface area contributed by atoms with Gasteiger partial charge in [0.1, 0.15) is 17.2 Å². The van der Waals surface area contributed by atoms with Gasteiger partial charge in [-0.05, 0) is 30.3 Å². The van der Waals surface area contributed by atoms with Crippen molar-refractivity contribution in [3.05, 3.63) is 54.2 Å². The molecule has 3 rings (SSSR count). The number of likely N-dealkylation sites (N-methyl/N-ethyl adjacent to an activating group) is 1. The molecule has 3 aromatic rings. The molecule has 26 heavy (non-hydrogen) atoms. The van der Waals surface area contributed by atoms with E-state index in [1.807, 2.05) is 18.2 Å². The zero-order valence-electron chi connectivity index (χ0n) is 14.5. The van der Waals surface area contributed by atoms with Crippen LogP contribution in [0.5, 0.6) is 11.5 Å². The summed E-state index contributed by atoms with van der Waals surface area (Å²) in [6, 6.07) is 14.2. The topological polar surface area (TPSA) is 92.5 Å². The lowest BCUT2D eigenvalue weighted by Gasteiger charge is -2.08. The molecule has 0 aliphatic rings. The highest BCUT2D eigenvalue weighted by atomic mass is 16.5. The lowest BCUT2D eigenvalue weighted by molar-refractivity contribution is -0.122. The van der Waals surface area contributed by atoms with E-state index in [0.29, 0.717) is 22.9 Å². The Hall–Kier alpha value is -3.48. The minimum absolute atomic E-state index is 0.0856. The van der Waals surface area contributed by atoms with Crippen molar-refractivity contribution in [3.63, 3.8) is 0 Å². The lowest BCUT2D eigenvalue weighted by Crippen LogP contribution is -2.24. The number of carbonyl (C=O) groups is 2. The number of hydrogen-bond donors (Lipinski definition) is 3. The van der Waals surface area contributed by atoms with Gasteiger partial charge in [-0.3, -0.25) is 9.59 Å². The number of carbonyl (C=O) groups excluding carboxylic acids is 2.